The number of nitrogens with one attached hydrogen (secondary N) is 1. The van der Waals surface area contributed by atoms with Crippen LogP contribution in [-0.4, -0.2) is 20.1 Å². The fourth-order valence-corrected chi connectivity index (χ4v) is 1.90. The van der Waals surface area contributed by atoms with Crippen LogP contribution in [0.1, 0.15) is 10.4 Å². The van der Waals surface area contributed by atoms with E-state index in [0.717, 1.165) is 0 Å². The number of amides is 1. The molecular weight excluding hydrogens is 337 g/mol. The third-order valence-electron chi connectivity index (χ3n) is 3.09. The summed E-state index contributed by atoms with van der Waals surface area (Å²) in [7, 11) is 2.59. The molecule has 0 fully saturated rings. The van der Waals surface area contributed by atoms with Crippen LogP contribution in [-0.2, 0) is 0 Å². The minimum absolute atomic E-state index is 0.0780. The van der Waals surface area contributed by atoms with Gasteiger partial charge >= 0.3 is 0 Å². The standard InChI is InChI=1S/C15H10F5NO3/c1-23-6-3-4-8(24-2)7(5-6)21-15(22)9-10(16)12(18)14(20)13(19)11(9)17/h3-5H,1-2H3,(H,21,22). The molecule has 2 rings (SSSR count). The Balaban J connectivity index is 2.49. The predicted molar refractivity (Wildman–Crippen MR) is 73.7 cm³/mol. The zero-order valence-electron chi connectivity index (χ0n) is 12.3. The first kappa shape index (κ1) is 17.5. The molecule has 128 valence electrons. The van der Waals surface area contributed by atoms with E-state index in [1.807, 2.05) is 5.32 Å². The smallest absolute Gasteiger partial charge is 0.261 e. The molecule has 0 saturated carbocycles. The van der Waals surface area contributed by atoms with Crippen LogP contribution in [0.15, 0.2) is 18.2 Å². The van der Waals surface area contributed by atoms with Crippen molar-refractivity contribution in [2.45, 2.75) is 0 Å². The second-order valence-corrected chi connectivity index (χ2v) is 4.47. The number of anilines is 1. The molecule has 1 amide bonds. The van der Waals surface area contributed by atoms with E-state index < -0.39 is 40.6 Å². The van der Waals surface area contributed by atoms with Gasteiger partial charge < -0.3 is 14.8 Å². The monoisotopic (exact) mass is 347 g/mol. The number of ether oxygens (including phenoxy) is 2. The van der Waals surface area contributed by atoms with Crippen molar-refractivity contribution in [3.8, 4) is 11.5 Å². The van der Waals surface area contributed by atoms with E-state index >= 15 is 0 Å². The fourth-order valence-electron chi connectivity index (χ4n) is 1.90. The van der Waals surface area contributed by atoms with Crippen LogP contribution in [0.3, 0.4) is 0 Å². The van der Waals surface area contributed by atoms with Crippen LogP contribution in [0.2, 0.25) is 0 Å². The normalized spacial score (nSPS) is 10.5. The van der Waals surface area contributed by atoms with E-state index in [1.165, 1.54) is 32.4 Å². The van der Waals surface area contributed by atoms with Gasteiger partial charge in [-0.15, -0.1) is 0 Å². The second-order valence-electron chi connectivity index (χ2n) is 4.47. The van der Waals surface area contributed by atoms with Crippen LogP contribution < -0.4 is 14.8 Å². The van der Waals surface area contributed by atoms with Gasteiger partial charge in [0.25, 0.3) is 5.91 Å². The summed E-state index contributed by atoms with van der Waals surface area (Å²) >= 11 is 0. The molecule has 9 heteroatoms. The van der Waals surface area contributed by atoms with Gasteiger partial charge in [-0.05, 0) is 12.1 Å². The molecule has 24 heavy (non-hydrogen) atoms. The SMILES string of the molecule is COc1ccc(OC)c(NC(=O)c2c(F)c(F)c(F)c(F)c2F)c1. The first-order chi connectivity index (χ1) is 11.3. The predicted octanol–water partition coefficient (Wildman–Crippen LogP) is 3.65. The Kier molecular flexibility index (Phi) is 4.91. The van der Waals surface area contributed by atoms with Crippen molar-refractivity contribution in [3.63, 3.8) is 0 Å². The molecule has 0 heterocycles. The van der Waals surface area contributed by atoms with E-state index in [4.69, 9.17) is 9.47 Å². The summed E-state index contributed by atoms with van der Waals surface area (Å²) in [6.45, 7) is 0. The minimum atomic E-state index is -2.35. The Morgan fingerprint density at radius 1 is 0.875 bits per heavy atom. The molecule has 0 spiro atoms. The quantitative estimate of drug-likeness (QED) is 0.522. The number of carbonyl (C=O) groups is 1. The van der Waals surface area contributed by atoms with Crippen molar-refractivity contribution in [3.05, 3.63) is 52.8 Å². The highest BCUT2D eigenvalue weighted by Gasteiger charge is 2.30. The molecule has 0 saturated heterocycles. The van der Waals surface area contributed by atoms with Crippen molar-refractivity contribution in [2.24, 2.45) is 0 Å². The molecule has 2 aromatic carbocycles. The number of rotatable bonds is 4. The van der Waals surface area contributed by atoms with Crippen LogP contribution in [0.5, 0.6) is 11.5 Å². The lowest BCUT2D eigenvalue weighted by Gasteiger charge is -2.13. The third kappa shape index (κ3) is 2.97. The van der Waals surface area contributed by atoms with E-state index in [-0.39, 0.29) is 17.2 Å². The topological polar surface area (TPSA) is 47.6 Å². The largest absolute Gasteiger partial charge is 0.497 e. The van der Waals surface area contributed by atoms with Gasteiger partial charge in [0.2, 0.25) is 5.82 Å². The lowest BCUT2D eigenvalue weighted by Crippen LogP contribution is -2.19. The van der Waals surface area contributed by atoms with Gasteiger partial charge in [-0.2, -0.15) is 0 Å². The maximum absolute atomic E-state index is 13.6. The van der Waals surface area contributed by atoms with Gasteiger partial charge in [-0.1, -0.05) is 0 Å². The molecule has 0 aliphatic heterocycles. The maximum atomic E-state index is 13.6. The van der Waals surface area contributed by atoms with E-state index in [9.17, 15) is 26.7 Å². The zero-order chi connectivity index (χ0) is 18.0. The summed E-state index contributed by atoms with van der Waals surface area (Å²) in [4.78, 5) is 12.0. The summed E-state index contributed by atoms with van der Waals surface area (Å²) in [6, 6.07) is 4.11. The van der Waals surface area contributed by atoms with Crippen molar-refractivity contribution in [2.75, 3.05) is 19.5 Å². The molecule has 0 aliphatic carbocycles. The minimum Gasteiger partial charge on any atom is -0.497 e. The summed E-state index contributed by atoms with van der Waals surface area (Å²) in [5, 5.41) is 2.03. The average molecular weight is 347 g/mol. The number of hydrogen-bond acceptors (Lipinski definition) is 3. The summed E-state index contributed by atoms with van der Waals surface area (Å²) in [5.41, 5.74) is -1.68. The first-order valence-electron chi connectivity index (χ1n) is 6.36. The van der Waals surface area contributed by atoms with E-state index in [1.54, 1.807) is 0 Å². The molecule has 0 atom stereocenters. The Bertz CT molecular complexity index is 781. The lowest BCUT2D eigenvalue weighted by molar-refractivity contribution is 0.101. The van der Waals surface area contributed by atoms with E-state index in [0.29, 0.717) is 0 Å². The molecule has 0 aromatic heterocycles. The highest BCUT2D eigenvalue weighted by atomic mass is 19.2. The Hall–Kier alpha value is -2.84. The highest BCUT2D eigenvalue weighted by Crippen LogP contribution is 2.30. The van der Waals surface area contributed by atoms with Crippen LogP contribution in [0.4, 0.5) is 27.6 Å². The Labute approximate surface area is 132 Å². The molecule has 1 N–H and O–H groups in total. The molecular formula is C15H10F5NO3. The van der Waals surface area contributed by atoms with Gasteiger partial charge in [0.15, 0.2) is 23.3 Å². The van der Waals surface area contributed by atoms with Gasteiger partial charge in [-0.25, -0.2) is 22.0 Å². The number of carbonyl (C=O) groups excluding carboxylic acids is 1. The first-order valence-corrected chi connectivity index (χ1v) is 6.36. The molecule has 2 aromatic rings. The van der Waals surface area contributed by atoms with Crippen LogP contribution in [0, 0.1) is 29.1 Å². The lowest BCUT2D eigenvalue weighted by atomic mass is 10.1. The molecule has 0 unspecified atom stereocenters. The number of hydrogen-bond donors (Lipinski definition) is 1. The van der Waals surface area contributed by atoms with Gasteiger partial charge in [0.1, 0.15) is 17.1 Å². The molecule has 4 nitrogen and oxygen atoms in total. The molecule has 0 radical (unpaired) electrons. The molecule has 0 aliphatic rings. The van der Waals surface area contributed by atoms with Crippen molar-refractivity contribution < 1.29 is 36.2 Å². The summed E-state index contributed by atoms with van der Waals surface area (Å²) < 4.78 is 76.5. The van der Waals surface area contributed by atoms with Crippen LogP contribution in [0.25, 0.3) is 0 Å². The second kappa shape index (κ2) is 6.73. The summed E-state index contributed by atoms with van der Waals surface area (Å²) in [6.07, 6.45) is 0. The summed E-state index contributed by atoms with van der Waals surface area (Å²) in [5.74, 6) is -12.4. The third-order valence-corrected chi connectivity index (χ3v) is 3.09. The number of benzene rings is 2. The average Bonchev–Trinajstić information content (AvgIpc) is 2.58. The Morgan fingerprint density at radius 2 is 1.42 bits per heavy atom. The highest BCUT2D eigenvalue weighted by molar-refractivity contribution is 6.05. The van der Waals surface area contributed by atoms with Gasteiger partial charge in [0, 0.05) is 6.07 Å². The fraction of sp³-hybridized carbons (Fsp3) is 0.133. The van der Waals surface area contributed by atoms with E-state index in [2.05, 4.69) is 0 Å². The maximum Gasteiger partial charge on any atom is 0.261 e. The van der Waals surface area contributed by atoms with Crippen LogP contribution >= 0.6 is 0 Å². The molecule has 0 bridgehead atoms. The number of methoxy groups -OCH3 is 2. The van der Waals surface area contributed by atoms with Gasteiger partial charge in [0.05, 0.1) is 19.9 Å². The van der Waals surface area contributed by atoms with Crippen molar-refractivity contribution in [1.29, 1.82) is 0 Å². The zero-order valence-corrected chi connectivity index (χ0v) is 12.3. The Morgan fingerprint density at radius 3 is 1.92 bits per heavy atom. The number of halogens is 5. The van der Waals surface area contributed by atoms with Crippen molar-refractivity contribution >= 4 is 11.6 Å². The van der Waals surface area contributed by atoms with Gasteiger partial charge in [-0.3, -0.25) is 4.79 Å². The van der Waals surface area contributed by atoms with Crippen molar-refractivity contribution in [1.82, 2.24) is 0 Å².